The topological polar surface area (TPSA) is 103 Å². The zero-order valence-corrected chi connectivity index (χ0v) is 8.16. The standard InChI is InChI=1S/C7H8N6S/c8-1-3-13(4-2-9)5-6-7(10)14-12-11-6/h3-5,10H2. The number of nitrogens with two attached hydrogens (primary N) is 1. The fraction of sp³-hybridized carbons (Fsp3) is 0.429. The van der Waals surface area contributed by atoms with Crippen molar-refractivity contribution in [1.82, 2.24) is 14.5 Å². The average Bonchev–Trinajstić information content (AvgIpc) is 2.53. The minimum absolute atomic E-state index is 0.185. The summed E-state index contributed by atoms with van der Waals surface area (Å²) in [6.07, 6.45) is 0. The van der Waals surface area contributed by atoms with E-state index in [1.165, 1.54) is 0 Å². The lowest BCUT2D eigenvalue weighted by Gasteiger charge is -2.12. The normalized spacial score (nSPS) is 9.64. The van der Waals surface area contributed by atoms with Crippen molar-refractivity contribution in [3.05, 3.63) is 5.69 Å². The molecule has 0 bridgehead atoms. The molecular weight excluding hydrogens is 200 g/mol. The van der Waals surface area contributed by atoms with E-state index in [0.717, 1.165) is 11.5 Å². The van der Waals surface area contributed by atoms with Crippen molar-refractivity contribution >= 4 is 16.5 Å². The van der Waals surface area contributed by atoms with Gasteiger partial charge in [-0.15, -0.1) is 5.10 Å². The van der Waals surface area contributed by atoms with E-state index >= 15 is 0 Å². The Morgan fingerprint density at radius 2 is 2.00 bits per heavy atom. The number of rotatable bonds is 4. The highest BCUT2D eigenvalue weighted by Crippen LogP contribution is 2.14. The Kier molecular flexibility index (Phi) is 3.80. The van der Waals surface area contributed by atoms with Crippen molar-refractivity contribution in [3.8, 4) is 12.1 Å². The molecule has 0 saturated carbocycles. The van der Waals surface area contributed by atoms with Crippen molar-refractivity contribution in [2.45, 2.75) is 6.54 Å². The van der Waals surface area contributed by atoms with Crippen molar-refractivity contribution in [3.63, 3.8) is 0 Å². The van der Waals surface area contributed by atoms with Crippen LogP contribution in [0.1, 0.15) is 5.69 Å². The molecule has 0 aliphatic carbocycles. The molecule has 1 heterocycles. The van der Waals surface area contributed by atoms with Crippen LogP contribution in [0.5, 0.6) is 0 Å². The molecule has 0 atom stereocenters. The number of hydrogen-bond acceptors (Lipinski definition) is 7. The Labute approximate surface area is 85.3 Å². The zero-order valence-electron chi connectivity index (χ0n) is 7.34. The van der Waals surface area contributed by atoms with Gasteiger partial charge in [-0.3, -0.25) is 4.90 Å². The minimum Gasteiger partial charge on any atom is -0.388 e. The van der Waals surface area contributed by atoms with E-state index in [1.807, 2.05) is 12.1 Å². The van der Waals surface area contributed by atoms with E-state index < -0.39 is 0 Å². The van der Waals surface area contributed by atoms with Crippen molar-refractivity contribution in [1.29, 1.82) is 10.5 Å². The summed E-state index contributed by atoms with van der Waals surface area (Å²) >= 11 is 1.11. The van der Waals surface area contributed by atoms with Gasteiger partial charge in [0.15, 0.2) is 0 Å². The second-order valence-corrected chi connectivity index (χ2v) is 3.33. The van der Waals surface area contributed by atoms with E-state index in [-0.39, 0.29) is 13.1 Å². The van der Waals surface area contributed by atoms with E-state index in [0.29, 0.717) is 17.2 Å². The van der Waals surface area contributed by atoms with E-state index in [9.17, 15) is 0 Å². The molecule has 6 nitrogen and oxygen atoms in total. The molecule has 0 aliphatic heterocycles. The molecule has 1 aromatic heterocycles. The molecule has 14 heavy (non-hydrogen) atoms. The van der Waals surface area contributed by atoms with Crippen LogP contribution in [0, 0.1) is 22.7 Å². The molecule has 1 rings (SSSR count). The molecule has 0 fully saturated rings. The molecule has 0 spiro atoms. The molecule has 0 unspecified atom stereocenters. The van der Waals surface area contributed by atoms with Crippen LogP contribution in [0.4, 0.5) is 5.00 Å². The number of hydrogen-bond donors (Lipinski definition) is 1. The molecule has 0 aromatic carbocycles. The van der Waals surface area contributed by atoms with E-state index in [1.54, 1.807) is 4.90 Å². The first kappa shape index (κ1) is 10.4. The molecule has 1 aromatic rings. The van der Waals surface area contributed by atoms with Crippen molar-refractivity contribution in [2.75, 3.05) is 18.8 Å². The number of nitriles is 2. The van der Waals surface area contributed by atoms with Gasteiger partial charge < -0.3 is 5.73 Å². The van der Waals surface area contributed by atoms with Crippen LogP contribution < -0.4 is 5.73 Å². The largest absolute Gasteiger partial charge is 0.388 e. The van der Waals surface area contributed by atoms with Gasteiger partial charge >= 0.3 is 0 Å². The highest BCUT2D eigenvalue weighted by Gasteiger charge is 2.10. The molecule has 72 valence electrons. The summed E-state index contributed by atoms with van der Waals surface area (Å²) < 4.78 is 3.67. The van der Waals surface area contributed by atoms with Gasteiger partial charge in [0.2, 0.25) is 0 Å². The zero-order chi connectivity index (χ0) is 10.4. The first-order valence-corrected chi connectivity index (χ1v) is 4.58. The lowest BCUT2D eigenvalue weighted by atomic mass is 10.4. The van der Waals surface area contributed by atoms with Crippen LogP contribution in [0.2, 0.25) is 0 Å². The van der Waals surface area contributed by atoms with Gasteiger partial charge in [0, 0.05) is 18.1 Å². The van der Waals surface area contributed by atoms with Gasteiger partial charge in [-0.05, 0) is 0 Å². The summed E-state index contributed by atoms with van der Waals surface area (Å²) in [5, 5.41) is 21.3. The molecule has 0 radical (unpaired) electrons. The Morgan fingerprint density at radius 1 is 1.36 bits per heavy atom. The summed E-state index contributed by atoms with van der Waals surface area (Å²) in [5.41, 5.74) is 6.21. The Balaban J connectivity index is 2.61. The Morgan fingerprint density at radius 3 is 2.43 bits per heavy atom. The lowest BCUT2D eigenvalue weighted by Crippen LogP contribution is -2.24. The summed E-state index contributed by atoms with van der Waals surface area (Å²) in [6, 6.07) is 3.95. The predicted molar refractivity (Wildman–Crippen MR) is 50.8 cm³/mol. The average molecular weight is 208 g/mol. The molecular formula is C7H8N6S. The van der Waals surface area contributed by atoms with Crippen LogP contribution in [-0.4, -0.2) is 27.6 Å². The first-order valence-electron chi connectivity index (χ1n) is 3.81. The number of nitrogens with zero attached hydrogens (tertiary/aromatic N) is 5. The van der Waals surface area contributed by atoms with Gasteiger partial charge in [-0.1, -0.05) is 4.49 Å². The van der Waals surface area contributed by atoms with Crippen LogP contribution >= 0.6 is 11.5 Å². The second kappa shape index (κ2) is 5.12. The third-order valence-corrected chi connectivity index (χ3v) is 2.14. The summed E-state index contributed by atoms with van der Waals surface area (Å²) in [6.45, 7) is 0.762. The number of anilines is 1. The molecule has 0 aliphatic rings. The van der Waals surface area contributed by atoms with Crippen molar-refractivity contribution in [2.24, 2.45) is 0 Å². The predicted octanol–water partition coefficient (Wildman–Crippen LogP) is -0.0305. The van der Waals surface area contributed by atoms with Gasteiger partial charge in [0.05, 0.1) is 25.2 Å². The van der Waals surface area contributed by atoms with Gasteiger partial charge in [-0.2, -0.15) is 10.5 Å². The molecule has 2 N–H and O–H groups in total. The van der Waals surface area contributed by atoms with Gasteiger partial charge in [0.1, 0.15) is 10.7 Å². The monoisotopic (exact) mass is 208 g/mol. The molecule has 7 heteroatoms. The summed E-state index contributed by atoms with van der Waals surface area (Å²) in [5.74, 6) is 0. The Hall–Kier alpha value is -1.70. The van der Waals surface area contributed by atoms with Crippen LogP contribution in [-0.2, 0) is 6.54 Å². The van der Waals surface area contributed by atoms with Crippen LogP contribution in [0.3, 0.4) is 0 Å². The van der Waals surface area contributed by atoms with Crippen LogP contribution in [0.15, 0.2) is 0 Å². The number of aromatic nitrogens is 2. The SMILES string of the molecule is N#CCN(CC#N)Cc1nnsc1N. The van der Waals surface area contributed by atoms with Crippen molar-refractivity contribution < 1.29 is 0 Å². The highest BCUT2D eigenvalue weighted by atomic mass is 32.1. The molecule has 0 amide bonds. The lowest BCUT2D eigenvalue weighted by molar-refractivity contribution is 0.331. The van der Waals surface area contributed by atoms with Crippen LogP contribution in [0.25, 0.3) is 0 Å². The minimum atomic E-state index is 0.185. The fourth-order valence-corrected chi connectivity index (χ4v) is 1.34. The second-order valence-electron chi connectivity index (χ2n) is 2.55. The third-order valence-electron chi connectivity index (χ3n) is 1.55. The number of nitrogen functional groups attached to an aromatic ring is 1. The molecule has 0 saturated heterocycles. The van der Waals surface area contributed by atoms with E-state index in [4.69, 9.17) is 16.3 Å². The van der Waals surface area contributed by atoms with Gasteiger partial charge in [-0.25, -0.2) is 0 Å². The first-order chi connectivity index (χ1) is 6.77. The smallest absolute Gasteiger partial charge is 0.132 e. The maximum absolute atomic E-state index is 8.50. The maximum Gasteiger partial charge on any atom is 0.132 e. The third kappa shape index (κ3) is 2.66. The Bertz CT molecular complexity index is 356. The van der Waals surface area contributed by atoms with E-state index in [2.05, 4.69) is 9.59 Å². The summed E-state index contributed by atoms with van der Waals surface area (Å²) in [7, 11) is 0. The summed E-state index contributed by atoms with van der Waals surface area (Å²) in [4.78, 5) is 1.65. The maximum atomic E-state index is 8.50. The quantitative estimate of drug-likeness (QED) is 0.697. The fourth-order valence-electron chi connectivity index (χ4n) is 0.905. The van der Waals surface area contributed by atoms with Gasteiger partial charge in [0.25, 0.3) is 0 Å². The highest BCUT2D eigenvalue weighted by molar-refractivity contribution is 7.09.